The molecule has 32 heavy (non-hydrogen) atoms. The van der Waals surface area contributed by atoms with Crippen LogP contribution in [0.2, 0.25) is 0 Å². The Morgan fingerprint density at radius 1 is 1.00 bits per heavy atom. The third kappa shape index (κ3) is 4.91. The molecule has 0 spiro atoms. The highest BCUT2D eigenvalue weighted by Gasteiger charge is 2.42. The van der Waals surface area contributed by atoms with Crippen molar-refractivity contribution in [3.63, 3.8) is 0 Å². The first-order chi connectivity index (χ1) is 15.4. The number of carbonyl (C=O) groups excluding carboxylic acids is 1. The van der Waals surface area contributed by atoms with Gasteiger partial charge in [0, 0.05) is 12.5 Å². The van der Waals surface area contributed by atoms with E-state index in [9.17, 15) is 9.18 Å². The van der Waals surface area contributed by atoms with Gasteiger partial charge in [-0.15, -0.1) is 0 Å². The van der Waals surface area contributed by atoms with E-state index in [1.54, 1.807) is 0 Å². The fraction of sp³-hybridized carbons (Fsp3) is 0.536. The maximum absolute atomic E-state index is 13.5. The van der Waals surface area contributed by atoms with Crippen LogP contribution in [-0.4, -0.2) is 37.1 Å². The van der Waals surface area contributed by atoms with E-state index in [1.165, 1.54) is 24.1 Å². The summed E-state index contributed by atoms with van der Waals surface area (Å²) in [5, 5.41) is 0. The Kier molecular flexibility index (Phi) is 6.99. The van der Waals surface area contributed by atoms with Crippen molar-refractivity contribution in [2.75, 3.05) is 20.1 Å². The Hall–Kier alpha value is -2.20. The number of carbonyl (C=O) groups is 1. The van der Waals surface area contributed by atoms with Gasteiger partial charge in [0.25, 0.3) is 0 Å². The molecule has 0 unspecified atom stereocenters. The zero-order valence-corrected chi connectivity index (χ0v) is 19.6. The van der Waals surface area contributed by atoms with Gasteiger partial charge in [0.1, 0.15) is 11.9 Å². The highest BCUT2D eigenvalue weighted by atomic mass is 19.1. The van der Waals surface area contributed by atoms with Gasteiger partial charge in [-0.1, -0.05) is 62.7 Å². The highest BCUT2D eigenvalue weighted by molar-refractivity contribution is 5.74. The Morgan fingerprint density at radius 2 is 1.69 bits per heavy atom. The molecular formula is C28H36FNO2. The average Bonchev–Trinajstić information content (AvgIpc) is 2.80. The van der Waals surface area contributed by atoms with Crippen LogP contribution in [0.25, 0.3) is 0 Å². The van der Waals surface area contributed by atoms with Crippen molar-refractivity contribution in [1.82, 2.24) is 4.90 Å². The van der Waals surface area contributed by atoms with Crippen molar-refractivity contribution >= 4 is 5.97 Å². The largest absolute Gasteiger partial charge is 0.462 e. The molecular weight excluding hydrogens is 401 g/mol. The minimum absolute atomic E-state index is 0.0624. The van der Waals surface area contributed by atoms with Crippen molar-refractivity contribution in [3.8, 4) is 0 Å². The lowest BCUT2D eigenvalue weighted by atomic mass is 9.66. The fourth-order valence-corrected chi connectivity index (χ4v) is 5.84. The van der Waals surface area contributed by atoms with Crippen LogP contribution >= 0.6 is 0 Å². The molecule has 0 N–H and O–H groups in total. The lowest BCUT2D eigenvalue weighted by Crippen LogP contribution is -2.46. The van der Waals surface area contributed by atoms with Gasteiger partial charge in [-0.05, 0) is 73.9 Å². The van der Waals surface area contributed by atoms with Crippen LogP contribution in [0.5, 0.6) is 0 Å². The molecule has 0 bridgehead atoms. The molecule has 3 nitrogen and oxygen atoms in total. The molecule has 2 fully saturated rings. The van der Waals surface area contributed by atoms with Crippen molar-refractivity contribution in [3.05, 3.63) is 71.5 Å². The number of nitrogens with zero attached hydrogens (tertiary/aromatic N) is 1. The summed E-state index contributed by atoms with van der Waals surface area (Å²) < 4.78 is 19.8. The summed E-state index contributed by atoms with van der Waals surface area (Å²) in [6.45, 7) is 6.18. The van der Waals surface area contributed by atoms with E-state index in [-0.39, 0.29) is 35.1 Å². The maximum Gasteiger partial charge on any atom is 0.311 e. The van der Waals surface area contributed by atoms with Gasteiger partial charge in [0.05, 0.1) is 5.92 Å². The predicted molar refractivity (Wildman–Crippen MR) is 126 cm³/mol. The first kappa shape index (κ1) is 23.0. The first-order valence-electron chi connectivity index (χ1n) is 12.1. The molecule has 2 aromatic carbocycles. The molecule has 2 aliphatic rings. The molecule has 4 rings (SSSR count). The summed E-state index contributed by atoms with van der Waals surface area (Å²) in [6, 6.07) is 17.2. The van der Waals surface area contributed by atoms with Gasteiger partial charge in [0.2, 0.25) is 0 Å². The van der Waals surface area contributed by atoms with E-state index in [4.69, 9.17) is 4.74 Å². The lowest BCUT2D eigenvalue weighted by Gasteiger charge is -2.43. The second kappa shape index (κ2) is 9.74. The van der Waals surface area contributed by atoms with Crippen LogP contribution in [0, 0.1) is 17.7 Å². The van der Waals surface area contributed by atoms with Crippen LogP contribution < -0.4 is 0 Å². The number of hydrogen-bond donors (Lipinski definition) is 0. The van der Waals surface area contributed by atoms with Crippen molar-refractivity contribution in [1.29, 1.82) is 0 Å². The Balaban J connectivity index is 1.54. The summed E-state index contributed by atoms with van der Waals surface area (Å²) in [5.41, 5.74) is 2.27. The van der Waals surface area contributed by atoms with Crippen LogP contribution in [0.1, 0.15) is 63.0 Å². The summed E-state index contributed by atoms with van der Waals surface area (Å²) in [5.74, 6) is -0.182. The molecule has 2 aromatic rings. The number of hydrogen-bond acceptors (Lipinski definition) is 3. The number of rotatable bonds is 5. The fourth-order valence-electron chi connectivity index (χ4n) is 5.84. The molecule has 0 aromatic heterocycles. The summed E-state index contributed by atoms with van der Waals surface area (Å²) in [7, 11) is 2.06. The second-order valence-corrected chi connectivity index (χ2v) is 10.3. The van der Waals surface area contributed by atoms with E-state index in [1.807, 2.05) is 18.2 Å². The molecule has 172 valence electrons. The van der Waals surface area contributed by atoms with Gasteiger partial charge in [-0.2, -0.15) is 0 Å². The zero-order chi connectivity index (χ0) is 22.7. The standard InChI is InChI=1S/C28H36FNO2/c1-28(2,21-9-5-4-6-10-21)25-11-7-8-12-26(25)32-27(31)24-19-30(3)18-17-23(24)20-13-15-22(29)16-14-20/h4-6,9-10,13-16,23-26H,7-8,11-12,17-19H2,1-3H3/t23-,24+,25-,26-/m0/s1. The van der Waals surface area contributed by atoms with Crippen molar-refractivity contribution < 1.29 is 13.9 Å². The third-order valence-electron chi connectivity index (χ3n) is 7.83. The topological polar surface area (TPSA) is 29.5 Å². The number of esters is 1. The summed E-state index contributed by atoms with van der Waals surface area (Å²) >= 11 is 0. The van der Waals surface area contributed by atoms with E-state index in [0.717, 1.165) is 37.8 Å². The van der Waals surface area contributed by atoms with Crippen LogP contribution in [0.15, 0.2) is 54.6 Å². The number of benzene rings is 2. The van der Waals surface area contributed by atoms with E-state index < -0.39 is 0 Å². The van der Waals surface area contributed by atoms with Crippen molar-refractivity contribution in [2.24, 2.45) is 11.8 Å². The van der Waals surface area contributed by atoms with Gasteiger partial charge >= 0.3 is 5.97 Å². The number of ether oxygens (including phenoxy) is 1. The maximum atomic E-state index is 13.5. The monoisotopic (exact) mass is 437 g/mol. The van der Waals surface area contributed by atoms with Crippen LogP contribution in [-0.2, 0) is 14.9 Å². The Morgan fingerprint density at radius 3 is 2.41 bits per heavy atom. The number of halogens is 1. The highest BCUT2D eigenvalue weighted by Crippen LogP contribution is 2.43. The molecule has 0 amide bonds. The number of piperidine rings is 1. The summed E-state index contributed by atoms with van der Waals surface area (Å²) in [6.07, 6.45) is 5.10. The summed E-state index contributed by atoms with van der Waals surface area (Å²) in [4.78, 5) is 15.8. The normalized spacial score (nSPS) is 27.1. The molecule has 1 aliphatic heterocycles. The molecule has 4 atom stereocenters. The average molecular weight is 438 g/mol. The Labute approximate surface area is 192 Å². The SMILES string of the molecule is CN1CC[C@@H](c2ccc(F)cc2)[C@H](C(=O)O[C@H]2CCCC[C@@H]2C(C)(C)c2ccccc2)C1. The number of likely N-dealkylation sites (tertiary alicyclic amines) is 1. The molecule has 0 radical (unpaired) electrons. The molecule has 4 heteroatoms. The van der Waals surface area contributed by atoms with E-state index >= 15 is 0 Å². The lowest BCUT2D eigenvalue weighted by molar-refractivity contribution is -0.163. The Bertz CT molecular complexity index is 895. The zero-order valence-electron chi connectivity index (χ0n) is 19.6. The van der Waals surface area contributed by atoms with Gasteiger partial charge in [-0.3, -0.25) is 4.79 Å². The molecule has 1 heterocycles. The van der Waals surface area contributed by atoms with Gasteiger partial charge in [0.15, 0.2) is 0 Å². The second-order valence-electron chi connectivity index (χ2n) is 10.3. The van der Waals surface area contributed by atoms with Gasteiger partial charge < -0.3 is 9.64 Å². The minimum Gasteiger partial charge on any atom is -0.462 e. The van der Waals surface area contributed by atoms with E-state index in [0.29, 0.717) is 12.5 Å². The molecule has 1 saturated heterocycles. The van der Waals surface area contributed by atoms with E-state index in [2.05, 4.69) is 50.1 Å². The van der Waals surface area contributed by atoms with Gasteiger partial charge in [-0.25, -0.2) is 4.39 Å². The van der Waals surface area contributed by atoms with Crippen LogP contribution in [0.4, 0.5) is 4.39 Å². The smallest absolute Gasteiger partial charge is 0.311 e. The molecule has 1 saturated carbocycles. The molecule has 1 aliphatic carbocycles. The van der Waals surface area contributed by atoms with Crippen LogP contribution in [0.3, 0.4) is 0 Å². The predicted octanol–water partition coefficient (Wildman–Crippen LogP) is 5.94. The third-order valence-corrected chi connectivity index (χ3v) is 7.83. The van der Waals surface area contributed by atoms with Crippen molar-refractivity contribution in [2.45, 2.75) is 63.4 Å². The first-order valence-corrected chi connectivity index (χ1v) is 12.1. The minimum atomic E-state index is -0.242. The quantitative estimate of drug-likeness (QED) is 0.542.